The van der Waals surface area contributed by atoms with E-state index in [2.05, 4.69) is 21.2 Å². The Morgan fingerprint density at radius 3 is 2.55 bits per heavy atom. The lowest BCUT2D eigenvalue weighted by Gasteiger charge is -2.28. The monoisotopic (exact) mass is 338 g/mol. The lowest BCUT2D eigenvalue weighted by molar-refractivity contribution is -0.121. The minimum atomic E-state index is -0.568. The van der Waals surface area contributed by atoms with Crippen LogP contribution in [0, 0.1) is 5.92 Å². The number of nitrogens with two attached hydrogens (primary N) is 1. The molecule has 0 radical (unpaired) electrons. The van der Waals surface area contributed by atoms with E-state index in [1.54, 1.807) is 18.2 Å². The average Bonchev–Trinajstić information content (AvgIpc) is 2.45. The van der Waals surface area contributed by atoms with E-state index in [0.29, 0.717) is 5.56 Å². The molecule has 108 valence electrons. The van der Waals surface area contributed by atoms with Gasteiger partial charge in [-0.15, -0.1) is 0 Å². The SMILES string of the molecule is NC(=O)[C@@H](NC(=O)c1cccc(Br)c1)C1CCCCC1. The lowest BCUT2D eigenvalue weighted by Crippen LogP contribution is -2.49. The third kappa shape index (κ3) is 3.82. The van der Waals surface area contributed by atoms with Gasteiger partial charge in [0, 0.05) is 10.0 Å². The molecule has 0 heterocycles. The maximum absolute atomic E-state index is 12.2. The fourth-order valence-electron chi connectivity index (χ4n) is 2.74. The standard InChI is InChI=1S/C15H19BrN2O2/c16-12-8-4-7-11(9-12)15(20)18-13(14(17)19)10-5-2-1-3-6-10/h4,7-10,13H,1-3,5-6H2,(H2,17,19)(H,18,20)/t13-/m0/s1. The molecule has 1 aliphatic carbocycles. The molecule has 1 atom stereocenters. The molecule has 0 unspecified atom stereocenters. The molecule has 5 heteroatoms. The Labute approximate surface area is 127 Å². The van der Waals surface area contributed by atoms with Crippen LogP contribution in [-0.4, -0.2) is 17.9 Å². The van der Waals surface area contributed by atoms with Gasteiger partial charge in [0.1, 0.15) is 6.04 Å². The van der Waals surface area contributed by atoms with Crippen LogP contribution in [-0.2, 0) is 4.79 Å². The van der Waals surface area contributed by atoms with Crippen molar-refractivity contribution in [1.29, 1.82) is 0 Å². The molecule has 0 aromatic heterocycles. The molecular formula is C15H19BrN2O2. The number of primary amides is 1. The van der Waals surface area contributed by atoms with Crippen molar-refractivity contribution < 1.29 is 9.59 Å². The Hall–Kier alpha value is -1.36. The molecule has 1 aliphatic rings. The van der Waals surface area contributed by atoms with Gasteiger partial charge in [-0.3, -0.25) is 9.59 Å². The highest BCUT2D eigenvalue weighted by Gasteiger charge is 2.29. The topological polar surface area (TPSA) is 72.2 Å². The van der Waals surface area contributed by atoms with Crippen LogP contribution in [0.4, 0.5) is 0 Å². The summed E-state index contributed by atoms with van der Waals surface area (Å²) in [6.07, 6.45) is 5.29. The fraction of sp³-hybridized carbons (Fsp3) is 0.467. The summed E-state index contributed by atoms with van der Waals surface area (Å²) in [5, 5.41) is 2.80. The summed E-state index contributed by atoms with van der Waals surface area (Å²) in [4.78, 5) is 23.8. The van der Waals surface area contributed by atoms with Crippen molar-refractivity contribution in [3.8, 4) is 0 Å². The van der Waals surface area contributed by atoms with Crippen molar-refractivity contribution in [2.75, 3.05) is 0 Å². The highest BCUT2D eigenvalue weighted by molar-refractivity contribution is 9.10. The van der Waals surface area contributed by atoms with Gasteiger partial charge in [-0.05, 0) is 37.0 Å². The summed E-state index contributed by atoms with van der Waals surface area (Å²) in [5.41, 5.74) is 5.99. The smallest absolute Gasteiger partial charge is 0.251 e. The molecule has 0 saturated heterocycles. The van der Waals surface area contributed by atoms with Crippen molar-refractivity contribution in [3.63, 3.8) is 0 Å². The number of benzene rings is 1. The Morgan fingerprint density at radius 2 is 1.95 bits per heavy atom. The first-order valence-corrected chi connectivity index (χ1v) is 7.73. The normalized spacial score (nSPS) is 17.4. The molecule has 0 aliphatic heterocycles. The first-order valence-electron chi connectivity index (χ1n) is 6.93. The highest BCUT2D eigenvalue weighted by Crippen LogP contribution is 2.26. The summed E-state index contributed by atoms with van der Waals surface area (Å²) in [6, 6.07) is 6.53. The quantitative estimate of drug-likeness (QED) is 0.885. The number of nitrogens with one attached hydrogen (secondary N) is 1. The van der Waals surface area contributed by atoms with Gasteiger partial charge in [0.2, 0.25) is 5.91 Å². The second-order valence-corrected chi connectivity index (χ2v) is 6.18. The molecule has 1 aromatic carbocycles. The van der Waals surface area contributed by atoms with Gasteiger partial charge in [0.05, 0.1) is 0 Å². The second-order valence-electron chi connectivity index (χ2n) is 5.26. The van der Waals surface area contributed by atoms with Crippen LogP contribution in [0.5, 0.6) is 0 Å². The first-order chi connectivity index (χ1) is 9.58. The average molecular weight is 339 g/mol. The third-order valence-electron chi connectivity index (χ3n) is 3.80. The third-order valence-corrected chi connectivity index (χ3v) is 4.29. The number of carbonyl (C=O) groups is 2. The molecular weight excluding hydrogens is 320 g/mol. The number of hydrogen-bond acceptors (Lipinski definition) is 2. The molecule has 2 amide bonds. The molecule has 1 aromatic rings. The zero-order valence-corrected chi connectivity index (χ0v) is 12.9. The second kappa shape index (κ2) is 6.88. The van der Waals surface area contributed by atoms with Crippen LogP contribution >= 0.6 is 15.9 Å². The molecule has 4 nitrogen and oxygen atoms in total. The summed E-state index contributed by atoms with van der Waals surface area (Å²) >= 11 is 3.33. The number of rotatable bonds is 4. The maximum atomic E-state index is 12.2. The van der Waals surface area contributed by atoms with Crippen molar-refractivity contribution in [1.82, 2.24) is 5.32 Å². The van der Waals surface area contributed by atoms with E-state index in [0.717, 1.165) is 30.2 Å². The van der Waals surface area contributed by atoms with Gasteiger partial charge in [-0.1, -0.05) is 41.3 Å². The minimum absolute atomic E-state index is 0.164. The van der Waals surface area contributed by atoms with E-state index < -0.39 is 11.9 Å². The summed E-state index contributed by atoms with van der Waals surface area (Å²) in [7, 11) is 0. The van der Waals surface area contributed by atoms with Gasteiger partial charge in [0.25, 0.3) is 5.91 Å². The van der Waals surface area contributed by atoms with Crippen LogP contribution < -0.4 is 11.1 Å². The van der Waals surface area contributed by atoms with Crippen molar-refractivity contribution >= 4 is 27.7 Å². The predicted molar refractivity (Wildman–Crippen MR) is 81.2 cm³/mol. The van der Waals surface area contributed by atoms with Crippen LogP contribution in [0.25, 0.3) is 0 Å². The fourth-order valence-corrected chi connectivity index (χ4v) is 3.14. The Bertz CT molecular complexity index is 498. The molecule has 1 fully saturated rings. The Balaban J connectivity index is 2.07. The van der Waals surface area contributed by atoms with Gasteiger partial charge in [-0.2, -0.15) is 0 Å². The van der Waals surface area contributed by atoms with E-state index in [1.807, 2.05) is 6.07 Å². The van der Waals surface area contributed by atoms with Crippen molar-refractivity contribution in [2.24, 2.45) is 11.7 Å². The van der Waals surface area contributed by atoms with E-state index in [1.165, 1.54) is 6.42 Å². The molecule has 0 spiro atoms. The van der Waals surface area contributed by atoms with Gasteiger partial charge in [0.15, 0.2) is 0 Å². The van der Waals surface area contributed by atoms with Crippen LogP contribution in [0.15, 0.2) is 28.7 Å². The largest absolute Gasteiger partial charge is 0.368 e. The zero-order chi connectivity index (χ0) is 14.5. The van der Waals surface area contributed by atoms with Crippen LogP contribution in [0.1, 0.15) is 42.5 Å². The Kier molecular flexibility index (Phi) is 5.17. The van der Waals surface area contributed by atoms with Crippen molar-refractivity contribution in [2.45, 2.75) is 38.1 Å². The van der Waals surface area contributed by atoms with Crippen LogP contribution in [0.2, 0.25) is 0 Å². The first kappa shape index (κ1) is 15.0. The zero-order valence-electron chi connectivity index (χ0n) is 11.3. The molecule has 1 saturated carbocycles. The molecule has 2 rings (SSSR count). The van der Waals surface area contributed by atoms with E-state index in [4.69, 9.17) is 5.73 Å². The van der Waals surface area contributed by atoms with E-state index in [9.17, 15) is 9.59 Å². The summed E-state index contributed by atoms with van der Waals surface area (Å²) in [5.74, 6) is -0.529. The highest BCUT2D eigenvalue weighted by atomic mass is 79.9. The van der Waals surface area contributed by atoms with Crippen LogP contribution in [0.3, 0.4) is 0 Å². The molecule has 20 heavy (non-hydrogen) atoms. The molecule has 3 N–H and O–H groups in total. The van der Waals surface area contributed by atoms with Gasteiger partial charge < -0.3 is 11.1 Å². The number of hydrogen-bond donors (Lipinski definition) is 2. The summed E-state index contributed by atoms with van der Waals surface area (Å²) < 4.78 is 0.832. The minimum Gasteiger partial charge on any atom is -0.368 e. The predicted octanol–water partition coefficient (Wildman–Crippen LogP) is 2.61. The van der Waals surface area contributed by atoms with Crippen molar-refractivity contribution in [3.05, 3.63) is 34.3 Å². The van der Waals surface area contributed by atoms with E-state index in [-0.39, 0.29) is 11.8 Å². The Morgan fingerprint density at radius 1 is 1.25 bits per heavy atom. The molecule has 0 bridgehead atoms. The summed E-state index contributed by atoms with van der Waals surface area (Å²) in [6.45, 7) is 0. The lowest BCUT2D eigenvalue weighted by atomic mass is 9.83. The number of amides is 2. The van der Waals surface area contributed by atoms with Gasteiger partial charge >= 0.3 is 0 Å². The number of carbonyl (C=O) groups excluding carboxylic acids is 2. The maximum Gasteiger partial charge on any atom is 0.251 e. The van der Waals surface area contributed by atoms with E-state index >= 15 is 0 Å². The number of halogens is 1. The van der Waals surface area contributed by atoms with Gasteiger partial charge in [-0.25, -0.2) is 0 Å².